The molecule has 1 aromatic carbocycles. The van der Waals surface area contributed by atoms with Crippen molar-refractivity contribution in [3.8, 4) is 17.2 Å². The molecule has 0 fully saturated rings. The molecule has 30 heavy (non-hydrogen) atoms. The third kappa shape index (κ3) is 3.92. The number of benzene rings is 1. The SMILES string of the molecule is CCCC[C@H](CC(=O)OC)c1c2c(c(O)c3c1O[C@@H](C)[C@H](C)C3=O)C=CC(C)(C)O2. The Hall–Kier alpha value is -2.50. The number of hydrogen-bond acceptors (Lipinski definition) is 6. The van der Waals surface area contributed by atoms with Crippen LogP contribution < -0.4 is 9.47 Å². The highest BCUT2D eigenvalue weighted by Gasteiger charge is 2.42. The average molecular weight is 417 g/mol. The molecule has 0 aromatic heterocycles. The summed E-state index contributed by atoms with van der Waals surface area (Å²) in [5.74, 6) is -0.412. The first kappa shape index (κ1) is 22.2. The van der Waals surface area contributed by atoms with Crippen molar-refractivity contribution in [3.63, 3.8) is 0 Å². The second-order valence-corrected chi connectivity index (χ2v) is 8.84. The van der Waals surface area contributed by atoms with Crippen LogP contribution in [0.1, 0.15) is 87.7 Å². The molecule has 2 heterocycles. The molecule has 6 nitrogen and oxygen atoms in total. The summed E-state index contributed by atoms with van der Waals surface area (Å²) >= 11 is 0. The van der Waals surface area contributed by atoms with Crippen LogP contribution >= 0.6 is 0 Å². The first-order valence-corrected chi connectivity index (χ1v) is 10.7. The zero-order chi connectivity index (χ0) is 22.2. The Labute approximate surface area is 178 Å². The van der Waals surface area contributed by atoms with Crippen molar-refractivity contribution in [3.05, 3.63) is 22.8 Å². The molecular weight excluding hydrogens is 384 g/mol. The summed E-state index contributed by atoms with van der Waals surface area (Å²) in [6.07, 6.45) is 6.01. The van der Waals surface area contributed by atoms with E-state index in [0.29, 0.717) is 29.0 Å². The van der Waals surface area contributed by atoms with E-state index in [1.165, 1.54) is 7.11 Å². The van der Waals surface area contributed by atoms with Gasteiger partial charge in [0.1, 0.15) is 34.5 Å². The number of unbranched alkanes of at least 4 members (excludes halogenated alkanes) is 1. The molecule has 0 aliphatic carbocycles. The molecule has 0 spiro atoms. The summed E-state index contributed by atoms with van der Waals surface area (Å²) in [7, 11) is 1.37. The van der Waals surface area contributed by atoms with Crippen LogP contribution in [0.2, 0.25) is 0 Å². The maximum Gasteiger partial charge on any atom is 0.306 e. The van der Waals surface area contributed by atoms with Crippen LogP contribution in [0.4, 0.5) is 0 Å². The lowest BCUT2D eigenvalue weighted by molar-refractivity contribution is -0.141. The molecule has 3 rings (SSSR count). The van der Waals surface area contributed by atoms with Crippen molar-refractivity contribution in [2.45, 2.75) is 77.9 Å². The number of hydrogen-bond donors (Lipinski definition) is 1. The number of fused-ring (bicyclic) bond motifs is 2. The van der Waals surface area contributed by atoms with Crippen LogP contribution in [0.3, 0.4) is 0 Å². The van der Waals surface area contributed by atoms with Gasteiger partial charge in [0, 0.05) is 11.5 Å². The largest absolute Gasteiger partial charge is 0.506 e. The van der Waals surface area contributed by atoms with E-state index < -0.39 is 5.60 Å². The number of carbonyl (C=O) groups is 2. The minimum atomic E-state index is -0.597. The van der Waals surface area contributed by atoms with Crippen LogP contribution in [0.5, 0.6) is 17.2 Å². The van der Waals surface area contributed by atoms with Crippen molar-refractivity contribution in [2.75, 3.05) is 7.11 Å². The topological polar surface area (TPSA) is 82.1 Å². The lowest BCUT2D eigenvalue weighted by atomic mass is 9.81. The van der Waals surface area contributed by atoms with E-state index >= 15 is 0 Å². The lowest BCUT2D eigenvalue weighted by Gasteiger charge is -2.37. The van der Waals surface area contributed by atoms with Crippen molar-refractivity contribution < 1.29 is 28.9 Å². The van der Waals surface area contributed by atoms with Crippen molar-refractivity contribution in [1.29, 1.82) is 0 Å². The molecule has 0 saturated carbocycles. The minimum absolute atomic E-state index is 0.119. The predicted octanol–water partition coefficient (Wildman–Crippen LogP) is 5.01. The summed E-state index contributed by atoms with van der Waals surface area (Å²) < 4.78 is 17.4. The van der Waals surface area contributed by atoms with Gasteiger partial charge in [-0.1, -0.05) is 26.7 Å². The summed E-state index contributed by atoms with van der Waals surface area (Å²) in [6.45, 7) is 9.57. The fraction of sp³-hybridized carbons (Fsp3) is 0.583. The molecule has 0 bridgehead atoms. The van der Waals surface area contributed by atoms with Gasteiger partial charge in [-0.25, -0.2) is 0 Å². The average Bonchev–Trinajstić information content (AvgIpc) is 2.68. The van der Waals surface area contributed by atoms with Crippen molar-refractivity contribution >= 4 is 17.8 Å². The maximum absolute atomic E-state index is 13.1. The van der Waals surface area contributed by atoms with Crippen LogP contribution in [0.25, 0.3) is 6.08 Å². The fourth-order valence-corrected chi connectivity index (χ4v) is 4.11. The molecule has 6 heteroatoms. The number of phenols is 1. The van der Waals surface area contributed by atoms with Gasteiger partial charge in [0.15, 0.2) is 5.78 Å². The second kappa shape index (κ2) is 8.32. The number of aromatic hydroxyl groups is 1. The number of ketones is 1. The van der Waals surface area contributed by atoms with E-state index in [1.54, 1.807) is 13.0 Å². The van der Waals surface area contributed by atoms with Gasteiger partial charge >= 0.3 is 5.97 Å². The molecule has 0 radical (unpaired) electrons. The summed E-state index contributed by atoms with van der Waals surface area (Å²) in [4.78, 5) is 25.4. The monoisotopic (exact) mass is 416 g/mol. The summed E-state index contributed by atoms with van der Waals surface area (Å²) in [6, 6.07) is 0. The Balaban J connectivity index is 2.30. The van der Waals surface area contributed by atoms with Crippen LogP contribution in [0, 0.1) is 5.92 Å². The van der Waals surface area contributed by atoms with Crippen LogP contribution in [0.15, 0.2) is 6.08 Å². The second-order valence-electron chi connectivity index (χ2n) is 8.84. The van der Waals surface area contributed by atoms with Gasteiger partial charge < -0.3 is 19.3 Å². The van der Waals surface area contributed by atoms with Gasteiger partial charge in [0.05, 0.1) is 25.0 Å². The number of esters is 1. The molecule has 1 aromatic rings. The Morgan fingerprint density at radius 1 is 1.30 bits per heavy atom. The van der Waals surface area contributed by atoms with E-state index in [4.69, 9.17) is 14.2 Å². The Morgan fingerprint density at radius 3 is 2.63 bits per heavy atom. The Morgan fingerprint density at radius 2 is 2.00 bits per heavy atom. The maximum atomic E-state index is 13.1. The zero-order valence-corrected chi connectivity index (χ0v) is 18.7. The summed E-state index contributed by atoms with van der Waals surface area (Å²) in [5, 5.41) is 11.0. The normalized spacial score (nSPS) is 22.4. The zero-order valence-electron chi connectivity index (χ0n) is 18.7. The highest BCUT2D eigenvalue weighted by molar-refractivity contribution is 6.06. The standard InChI is InChI=1S/C24H32O6/c1-7-8-9-15(12-17(25)28-6)18-22-16(10-11-24(4,5)30-22)21(27)19-20(26)13(2)14(3)29-23(18)19/h10-11,13-15,27H,7-9,12H2,1-6H3/t13-,14-,15+/m0/s1. The first-order valence-electron chi connectivity index (χ1n) is 10.7. The Kier molecular flexibility index (Phi) is 6.16. The molecular formula is C24H32O6. The van der Waals surface area contributed by atoms with Crippen molar-refractivity contribution in [2.24, 2.45) is 5.92 Å². The number of ether oxygens (including phenoxy) is 3. The lowest BCUT2D eigenvalue weighted by Crippen LogP contribution is -2.36. The van der Waals surface area contributed by atoms with E-state index in [0.717, 1.165) is 12.8 Å². The third-order valence-corrected chi connectivity index (χ3v) is 6.09. The molecule has 3 atom stereocenters. The number of methoxy groups -OCH3 is 1. The summed E-state index contributed by atoms with van der Waals surface area (Å²) in [5.41, 5.74) is 0.739. The number of Topliss-reactive ketones (excluding diaryl/α,β-unsaturated/α-hetero) is 1. The highest BCUT2D eigenvalue weighted by Crippen LogP contribution is 2.53. The predicted molar refractivity (Wildman–Crippen MR) is 114 cm³/mol. The van der Waals surface area contributed by atoms with Gasteiger partial charge in [-0.3, -0.25) is 9.59 Å². The molecule has 2 aliphatic rings. The fourth-order valence-electron chi connectivity index (χ4n) is 4.11. The molecule has 2 aliphatic heterocycles. The van der Waals surface area contributed by atoms with Crippen LogP contribution in [-0.4, -0.2) is 35.7 Å². The van der Waals surface area contributed by atoms with Crippen LogP contribution in [-0.2, 0) is 9.53 Å². The van der Waals surface area contributed by atoms with Gasteiger partial charge in [0.25, 0.3) is 0 Å². The first-order chi connectivity index (χ1) is 14.1. The van der Waals surface area contributed by atoms with E-state index in [2.05, 4.69) is 6.92 Å². The number of carbonyl (C=O) groups excluding carboxylic acids is 2. The highest BCUT2D eigenvalue weighted by atomic mass is 16.5. The van der Waals surface area contributed by atoms with Crippen molar-refractivity contribution in [1.82, 2.24) is 0 Å². The molecule has 164 valence electrons. The van der Waals surface area contributed by atoms with Gasteiger partial charge in [-0.05, 0) is 39.3 Å². The van der Waals surface area contributed by atoms with E-state index in [1.807, 2.05) is 26.8 Å². The third-order valence-electron chi connectivity index (χ3n) is 6.09. The molecule has 1 N–H and O–H groups in total. The quantitative estimate of drug-likeness (QED) is 0.656. The molecule has 0 amide bonds. The molecule has 0 unspecified atom stereocenters. The minimum Gasteiger partial charge on any atom is -0.506 e. The van der Waals surface area contributed by atoms with E-state index in [9.17, 15) is 14.7 Å². The van der Waals surface area contributed by atoms with Gasteiger partial charge in [-0.15, -0.1) is 0 Å². The number of rotatable bonds is 6. The van der Waals surface area contributed by atoms with Gasteiger partial charge in [0.2, 0.25) is 0 Å². The Bertz CT molecular complexity index is 882. The molecule has 0 saturated heterocycles. The van der Waals surface area contributed by atoms with Gasteiger partial charge in [-0.2, -0.15) is 0 Å². The van der Waals surface area contributed by atoms with E-state index in [-0.39, 0.29) is 47.4 Å². The number of phenolic OH excluding ortho intramolecular Hbond substituents is 1. The smallest absolute Gasteiger partial charge is 0.306 e.